The average molecular weight is 243 g/mol. The number of hydrogen-bond acceptors (Lipinski definition) is 4. The van der Waals surface area contributed by atoms with Crippen LogP contribution in [0.5, 0.6) is 0 Å². The molecule has 1 aliphatic rings. The smallest absolute Gasteiger partial charge is 0.143 e. The Hall–Kier alpha value is -1.91. The molecule has 18 heavy (non-hydrogen) atoms. The van der Waals surface area contributed by atoms with E-state index in [4.69, 9.17) is 0 Å². The van der Waals surface area contributed by atoms with Gasteiger partial charge >= 0.3 is 0 Å². The van der Waals surface area contributed by atoms with Crippen LogP contribution in [-0.4, -0.2) is 26.6 Å². The van der Waals surface area contributed by atoms with Crippen molar-refractivity contribution in [2.75, 3.05) is 12.4 Å². The van der Waals surface area contributed by atoms with Crippen molar-refractivity contribution in [3.63, 3.8) is 0 Å². The molecule has 0 atom stereocenters. The summed E-state index contributed by atoms with van der Waals surface area (Å²) in [6.45, 7) is 2.10. The molecule has 1 fully saturated rings. The van der Waals surface area contributed by atoms with Crippen molar-refractivity contribution in [1.82, 2.24) is 19.5 Å². The van der Waals surface area contributed by atoms with Gasteiger partial charge in [0.1, 0.15) is 23.3 Å². The van der Waals surface area contributed by atoms with Crippen molar-refractivity contribution in [3.8, 4) is 5.82 Å². The number of nitrogens with zero attached hydrogens (tertiary/aromatic N) is 4. The van der Waals surface area contributed by atoms with Crippen LogP contribution in [0.15, 0.2) is 18.5 Å². The molecule has 0 aliphatic heterocycles. The summed E-state index contributed by atoms with van der Waals surface area (Å²) in [6.07, 6.45) is 7.08. The van der Waals surface area contributed by atoms with Crippen LogP contribution in [0.2, 0.25) is 0 Å². The minimum Gasteiger partial charge on any atom is -0.373 e. The Morgan fingerprint density at radius 1 is 1.39 bits per heavy atom. The van der Waals surface area contributed by atoms with E-state index >= 15 is 0 Å². The Kier molecular flexibility index (Phi) is 2.74. The molecule has 2 aromatic heterocycles. The molecule has 0 saturated heterocycles. The van der Waals surface area contributed by atoms with E-state index in [-0.39, 0.29) is 0 Å². The molecule has 5 heteroatoms. The molecule has 5 nitrogen and oxygen atoms in total. The molecule has 0 bridgehead atoms. The van der Waals surface area contributed by atoms with Gasteiger partial charge in [-0.25, -0.2) is 15.0 Å². The molecule has 0 amide bonds. The first-order chi connectivity index (χ1) is 8.81. The van der Waals surface area contributed by atoms with Gasteiger partial charge in [0.2, 0.25) is 0 Å². The molecule has 2 aromatic rings. The van der Waals surface area contributed by atoms with Crippen molar-refractivity contribution in [2.45, 2.75) is 32.1 Å². The van der Waals surface area contributed by atoms with Crippen LogP contribution in [0, 0.1) is 0 Å². The van der Waals surface area contributed by atoms with Gasteiger partial charge in [-0.15, -0.1) is 0 Å². The number of imidazole rings is 1. The maximum absolute atomic E-state index is 4.67. The second kappa shape index (κ2) is 4.40. The molecule has 3 rings (SSSR count). The summed E-state index contributed by atoms with van der Waals surface area (Å²) in [5, 5.41) is 3.10. The van der Waals surface area contributed by atoms with Gasteiger partial charge in [-0.3, -0.25) is 4.57 Å². The summed E-state index contributed by atoms with van der Waals surface area (Å²) in [4.78, 5) is 13.5. The average Bonchev–Trinajstić information content (AvgIpc) is 3.15. The molecule has 0 spiro atoms. The van der Waals surface area contributed by atoms with Crippen LogP contribution in [0.25, 0.3) is 5.82 Å². The molecular weight excluding hydrogens is 226 g/mol. The molecule has 94 valence electrons. The van der Waals surface area contributed by atoms with E-state index in [2.05, 4.69) is 27.2 Å². The van der Waals surface area contributed by atoms with Crippen molar-refractivity contribution >= 4 is 5.82 Å². The second-order valence-corrected chi connectivity index (χ2v) is 4.56. The van der Waals surface area contributed by atoms with Gasteiger partial charge in [-0.2, -0.15) is 0 Å². The lowest BCUT2D eigenvalue weighted by molar-refractivity contribution is 0.832. The number of nitrogens with one attached hydrogen (secondary N) is 1. The van der Waals surface area contributed by atoms with Gasteiger partial charge in [0.15, 0.2) is 0 Å². The SMILES string of the molecule is CCc1nccn1-c1cc(NC)nc(C2CC2)n1. The highest BCUT2D eigenvalue weighted by Gasteiger charge is 2.27. The third-order valence-corrected chi connectivity index (χ3v) is 3.21. The van der Waals surface area contributed by atoms with Crippen molar-refractivity contribution in [1.29, 1.82) is 0 Å². The third-order valence-electron chi connectivity index (χ3n) is 3.21. The summed E-state index contributed by atoms with van der Waals surface area (Å²) in [5.41, 5.74) is 0. The molecule has 2 heterocycles. The lowest BCUT2D eigenvalue weighted by Gasteiger charge is -2.09. The van der Waals surface area contributed by atoms with E-state index in [0.717, 1.165) is 29.7 Å². The zero-order chi connectivity index (χ0) is 12.5. The van der Waals surface area contributed by atoms with Gasteiger partial charge in [-0.05, 0) is 12.8 Å². The van der Waals surface area contributed by atoms with Gasteiger partial charge in [0.25, 0.3) is 0 Å². The van der Waals surface area contributed by atoms with Crippen LogP contribution >= 0.6 is 0 Å². The number of anilines is 1. The van der Waals surface area contributed by atoms with Crippen molar-refractivity contribution in [3.05, 3.63) is 30.1 Å². The highest BCUT2D eigenvalue weighted by molar-refractivity contribution is 5.42. The summed E-state index contributed by atoms with van der Waals surface area (Å²) >= 11 is 0. The number of aromatic nitrogens is 4. The fraction of sp³-hybridized carbons (Fsp3) is 0.462. The third kappa shape index (κ3) is 1.96. The van der Waals surface area contributed by atoms with Crippen molar-refractivity contribution in [2.24, 2.45) is 0 Å². The first kappa shape index (κ1) is 11.2. The topological polar surface area (TPSA) is 55.6 Å². The monoisotopic (exact) mass is 243 g/mol. The van der Waals surface area contributed by atoms with Crippen LogP contribution in [0.3, 0.4) is 0 Å². The van der Waals surface area contributed by atoms with E-state index in [9.17, 15) is 0 Å². The van der Waals surface area contributed by atoms with Crippen molar-refractivity contribution < 1.29 is 0 Å². The van der Waals surface area contributed by atoms with E-state index in [1.54, 1.807) is 0 Å². The number of hydrogen-bond donors (Lipinski definition) is 1. The van der Waals surface area contributed by atoms with E-state index in [0.29, 0.717) is 5.92 Å². The number of aryl methyl sites for hydroxylation is 1. The Balaban J connectivity index is 2.07. The normalized spacial score (nSPS) is 14.8. The van der Waals surface area contributed by atoms with E-state index < -0.39 is 0 Å². The van der Waals surface area contributed by atoms with Crippen LogP contribution < -0.4 is 5.32 Å². The van der Waals surface area contributed by atoms with Gasteiger partial charge in [0.05, 0.1) is 0 Å². The minimum atomic E-state index is 0.547. The summed E-state index contributed by atoms with van der Waals surface area (Å²) in [7, 11) is 1.89. The van der Waals surface area contributed by atoms with Crippen LogP contribution in [-0.2, 0) is 6.42 Å². The molecule has 0 radical (unpaired) electrons. The maximum Gasteiger partial charge on any atom is 0.143 e. The predicted molar refractivity (Wildman–Crippen MR) is 70.1 cm³/mol. The predicted octanol–water partition coefficient (Wildman–Crippen LogP) is 2.14. The van der Waals surface area contributed by atoms with Gasteiger partial charge in [0, 0.05) is 37.8 Å². The molecule has 1 aliphatic carbocycles. The Bertz CT molecular complexity index is 556. The Labute approximate surface area is 106 Å². The fourth-order valence-electron chi connectivity index (χ4n) is 2.03. The maximum atomic E-state index is 4.67. The zero-order valence-electron chi connectivity index (χ0n) is 10.7. The lowest BCUT2D eigenvalue weighted by Crippen LogP contribution is -2.07. The highest BCUT2D eigenvalue weighted by atomic mass is 15.2. The minimum absolute atomic E-state index is 0.547. The Morgan fingerprint density at radius 3 is 2.89 bits per heavy atom. The standard InChI is InChI=1S/C13H17N5/c1-3-11-15-6-7-18(11)12-8-10(14-2)16-13(17-12)9-4-5-9/h6-9H,3-5H2,1-2H3,(H,14,16,17). The summed E-state index contributed by atoms with van der Waals surface area (Å²) < 4.78 is 2.04. The van der Waals surface area contributed by atoms with Gasteiger partial charge < -0.3 is 5.32 Å². The van der Waals surface area contributed by atoms with E-state index in [1.165, 1.54) is 12.8 Å². The first-order valence-electron chi connectivity index (χ1n) is 6.41. The largest absolute Gasteiger partial charge is 0.373 e. The van der Waals surface area contributed by atoms with Crippen LogP contribution in [0.4, 0.5) is 5.82 Å². The summed E-state index contributed by atoms with van der Waals surface area (Å²) in [5.74, 6) is 4.30. The Morgan fingerprint density at radius 2 is 2.22 bits per heavy atom. The second-order valence-electron chi connectivity index (χ2n) is 4.56. The fourth-order valence-corrected chi connectivity index (χ4v) is 2.03. The van der Waals surface area contributed by atoms with Gasteiger partial charge in [-0.1, -0.05) is 6.92 Å². The highest BCUT2D eigenvalue weighted by Crippen LogP contribution is 2.38. The molecular formula is C13H17N5. The molecule has 0 aromatic carbocycles. The summed E-state index contributed by atoms with van der Waals surface area (Å²) in [6, 6.07) is 1.96. The molecule has 1 saturated carbocycles. The zero-order valence-corrected chi connectivity index (χ0v) is 10.7. The lowest BCUT2D eigenvalue weighted by atomic mass is 10.3. The van der Waals surface area contributed by atoms with Crippen LogP contribution in [0.1, 0.15) is 37.3 Å². The number of rotatable bonds is 4. The quantitative estimate of drug-likeness (QED) is 0.894. The van der Waals surface area contributed by atoms with E-state index in [1.807, 2.05) is 30.1 Å². The molecule has 1 N–H and O–H groups in total. The molecule has 0 unspecified atom stereocenters. The first-order valence-corrected chi connectivity index (χ1v) is 6.41.